The molecular formula is C11H15Br2NO2. The maximum absolute atomic E-state index is 11.7. The van der Waals surface area contributed by atoms with Crippen molar-refractivity contribution in [3.05, 3.63) is 22.6 Å². The van der Waals surface area contributed by atoms with E-state index in [9.17, 15) is 4.79 Å². The summed E-state index contributed by atoms with van der Waals surface area (Å²) in [6.45, 7) is 2.84. The summed E-state index contributed by atoms with van der Waals surface area (Å²) in [5, 5.41) is 3.88. The fourth-order valence-corrected chi connectivity index (χ4v) is 2.46. The standard InChI is InChI=1S/C11H15Br2NO2/c1-2-8(3-5-12)7-14-11(15)9-4-6-16-10(9)13/h4,6,8H,2-3,5,7H2,1H3,(H,14,15). The molecule has 0 radical (unpaired) electrons. The molecule has 0 bridgehead atoms. The molecule has 1 rings (SSSR count). The smallest absolute Gasteiger partial charge is 0.255 e. The number of rotatable bonds is 6. The lowest BCUT2D eigenvalue weighted by molar-refractivity contribution is 0.0945. The zero-order valence-electron chi connectivity index (χ0n) is 9.13. The summed E-state index contributed by atoms with van der Waals surface area (Å²) in [7, 11) is 0. The van der Waals surface area contributed by atoms with Gasteiger partial charge in [0.25, 0.3) is 5.91 Å². The lowest BCUT2D eigenvalue weighted by atomic mass is 10.0. The molecule has 1 aromatic heterocycles. The molecule has 0 aromatic carbocycles. The number of halogens is 2. The van der Waals surface area contributed by atoms with Crippen molar-refractivity contribution in [3.63, 3.8) is 0 Å². The van der Waals surface area contributed by atoms with Crippen molar-refractivity contribution in [1.82, 2.24) is 5.32 Å². The Hall–Kier alpha value is -0.290. The van der Waals surface area contributed by atoms with E-state index >= 15 is 0 Å². The lowest BCUT2D eigenvalue weighted by Gasteiger charge is -2.13. The Balaban J connectivity index is 2.43. The van der Waals surface area contributed by atoms with Crippen molar-refractivity contribution in [2.75, 3.05) is 11.9 Å². The highest BCUT2D eigenvalue weighted by molar-refractivity contribution is 9.10. The molecule has 1 aromatic rings. The van der Waals surface area contributed by atoms with Gasteiger partial charge in [0.05, 0.1) is 11.8 Å². The largest absolute Gasteiger partial charge is 0.457 e. The summed E-state index contributed by atoms with van der Waals surface area (Å²) < 4.78 is 5.50. The molecule has 16 heavy (non-hydrogen) atoms. The van der Waals surface area contributed by atoms with Gasteiger partial charge in [-0.1, -0.05) is 29.3 Å². The second-order valence-electron chi connectivity index (χ2n) is 3.57. The number of nitrogens with one attached hydrogen (secondary N) is 1. The number of hydrogen-bond donors (Lipinski definition) is 1. The second-order valence-corrected chi connectivity index (χ2v) is 5.08. The van der Waals surface area contributed by atoms with Crippen LogP contribution in [0, 0.1) is 5.92 Å². The molecule has 1 atom stereocenters. The van der Waals surface area contributed by atoms with E-state index in [1.54, 1.807) is 6.07 Å². The number of carbonyl (C=O) groups excluding carboxylic acids is 1. The number of furan rings is 1. The van der Waals surface area contributed by atoms with E-state index in [0.29, 0.717) is 22.7 Å². The van der Waals surface area contributed by atoms with Gasteiger partial charge >= 0.3 is 0 Å². The van der Waals surface area contributed by atoms with Crippen molar-refractivity contribution in [3.8, 4) is 0 Å². The molecular weight excluding hydrogens is 338 g/mol. The van der Waals surface area contributed by atoms with Gasteiger partial charge in [-0.05, 0) is 34.3 Å². The van der Waals surface area contributed by atoms with Crippen LogP contribution in [0.25, 0.3) is 0 Å². The molecule has 1 heterocycles. The Kier molecular flexibility index (Phi) is 6.13. The van der Waals surface area contributed by atoms with E-state index in [1.807, 2.05) is 0 Å². The van der Waals surface area contributed by atoms with Crippen LogP contribution in [0.1, 0.15) is 30.1 Å². The summed E-state index contributed by atoms with van der Waals surface area (Å²) in [6.07, 6.45) is 3.64. The molecule has 1 N–H and O–H groups in total. The Morgan fingerprint density at radius 2 is 2.38 bits per heavy atom. The predicted molar refractivity (Wildman–Crippen MR) is 70.9 cm³/mol. The first-order chi connectivity index (χ1) is 7.69. The van der Waals surface area contributed by atoms with Crippen molar-refractivity contribution in [2.45, 2.75) is 19.8 Å². The molecule has 1 unspecified atom stereocenters. The highest BCUT2D eigenvalue weighted by Crippen LogP contribution is 2.17. The van der Waals surface area contributed by atoms with Crippen LogP contribution in [0.2, 0.25) is 0 Å². The predicted octanol–water partition coefficient (Wildman–Crippen LogP) is 3.58. The summed E-state index contributed by atoms with van der Waals surface area (Å²) in [4.78, 5) is 11.7. The van der Waals surface area contributed by atoms with Crippen LogP contribution < -0.4 is 5.32 Å². The van der Waals surface area contributed by atoms with E-state index in [2.05, 4.69) is 44.1 Å². The zero-order chi connectivity index (χ0) is 12.0. The maximum atomic E-state index is 11.7. The van der Waals surface area contributed by atoms with Gasteiger partial charge in [-0.25, -0.2) is 0 Å². The summed E-state index contributed by atoms with van der Waals surface area (Å²) in [6, 6.07) is 1.66. The van der Waals surface area contributed by atoms with Gasteiger partial charge in [0.1, 0.15) is 0 Å². The quantitative estimate of drug-likeness (QED) is 0.795. The molecule has 0 aliphatic rings. The van der Waals surface area contributed by atoms with Gasteiger partial charge in [-0.2, -0.15) is 0 Å². The van der Waals surface area contributed by atoms with Gasteiger partial charge in [0, 0.05) is 11.9 Å². The third-order valence-electron chi connectivity index (χ3n) is 2.51. The summed E-state index contributed by atoms with van der Waals surface area (Å²) in [5.41, 5.74) is 0.550. The van der Waals surface area contributed by atoms with Crippen LogP contribution in [0.3, 0.4) is 0 Å². The molecule has 0 aliphatic carbocycles. The highest BCUT2D eigenvalue weighted by Gasteiger charge is 2.13. The fourth-order valence-electron chi connectivity index (χ4n) is 1.39. The normalized spacial score (nSPS) is 12.4. The van der Waals surface area contributed by atoms with Crippen LogP contribution in [0.4, 0.5) is 0 Å². The van der Waals surface area contributed by atoms with Crippen LogP contribution >= 0.6 is 31.9 Å². The number of amides is 1. The molecule has 0 saturated heterocycles. The average Bonchev–Trinajstić information content (AvgIpc) is 2.70. The molecule has 1 amide bonds. The number of alkyl halides is 1. The summed E-state index contributed by atoms with van der Waals surface area (Å²) >= 11 is 6.60. The van der Waals surface area contributed by atoms with E-state index < -0.39 is 0 Å². The van der Waals surface area contributed by atoms with Gasteiger partial charge in [0.15, 0.2) is 4.67 Å². The van der Waals surface area contributed by atoms with Gasteiger partial charge in [0.2, 0.25) is 0 Å². The monoisotopic (exact) mass is 351 g/mol. The van der Waals surface area contributed by atoms with Crippen LogP contribution in [0.15, 0.2) is 21.4 Å². The maximum Gasteiger partial charge on any atom is 0.255 e. The van der Waals surface area contributed by atoms with Gasteiger partial charge in [-0.3, -0.25) is 4.79 Å². The fraction of sp³-hybridized carbons (Fsp3) is 0.545. The average molecular weight is 353 g/mol. The Labute approximate surface area is 112 Å². The van der Waals surface area contributed by atoms with Gasteiger partial charge < -0.3 is 9.73 Å². The number of hydrogen-bond acceptors (Lipinski definition) is 2. The minimum absolute atomic E-state index is 0.0892. The van der Waals surface area contributed by atoms with Crippen LogP contribution in [0.5, 0.6) is 0 Å². The van der Waals surface area contributed by atoms with Gasteiger partial charge in [-0.15, -0.1) is 0 Å². The molecule has 5 heteroatoms. The SMILES string of the molecule is CCC(CCBr)CNC(=O)c1ccoc1Br. The Morgan fingerprint density at radius 3 is 2.88 bits per heavy atom. The Morgan fingerprint density at radius 1 is 1.62 bits per heavy atom. The third-order valence-corrected chi connectivity index (χ3v) is 3.58. The first-order valence-corrected chi connectivity index (χ1v) is 7.17. The minimum atomic E-state index is -0.0892. The molecule has 90 valence electrons. The highest BCUT2D eigenvalue weighted by atomic mass is 79.9. The summed E-state index contributed by atoms with van der Waals surface area (Å²) in [5.74, 6) is 0.433. The molecule has 0 saturated carbocycles. The first-order valence-electron chi connectivity index (χ1n) is 5.26. The van der Waals surface area contributed by atoms with Crippen molar-refractivity contribution in [1.29, 1.82) is 0 Å². The van der Waals surface area contributed by atoms with E-state index in [4.69, 9.17) is 4.42 Å². The van der Waals surface area contributed by atoms with Crippen LogP contribution in [-0.2, 0) is 0 Å². The van der Waals surface area contributed by atoms with E-state index in [-0.39, 0.29) is 5.91 Å². The first kappa shape index (κ1) is 13.8. The topological polar surface area (TPSA) is 42.2 Å². The van der Waals surface area contributed by atoms with E-state index in [0.717, 1.165) is 18.2 Å². The van der Waals surface area contributed by atoms with Crippen molar-refractivity contribution in [2.24, 2.45) is 5.92 Å². The van der Waals surface area contributed by atoms with E-state index in [1.165, 1.54) is 6.26 Å². The third kappa shape index (κ3) is 3.94. The molecule has 3 nitrogen and oxygen atoms in total. The molecule has 0 aliphatic heterocycles. The second kappa shape index (κ2) is 7.12. The number of carbonyl (C=O) groups is 1. The Bertz CT molecular complexity index is 338. The van der Waals surface area contributed by atoms with Crippen molar-refractivity contribution >= 4 is 37.8 Å². The zero-order valence-corrected chi connectivity index (χ0v) is 12.3. The van der Waals surface area contributed by atoms with Crippen LogP contribution in [-0.4, -0.2) is 17.8 Å². The lowest BCUT2D eigenvalue weighted by Crippen LogP contribution is -2.29. The molecule has 0 fully saturated rings. The van der Waals surface area contributed by atoms with Crippen molar-refractivity contribution < 1.29 is 9.21 Å². The minimum Gasteiger partial charge on any atom is -0.457 e. The molecule has 0 spiro atoms.